The molecule has 3 aliphatic rings. The second-order valence-electron chi connectivity index (χ2n) is 8.22. The number of likely N-dealkylation sites (tertiary alicyclic amines) is 1. The number of methoxy groups -OCH3 is 1. The van der Waals surface area contributed by atoms with Crippen molar-refractivity contribution in [2.24, 2.45) is 23.7 Å². The largest absolute Gasteiger partial charge is 0.497 e. The van der Waals surface area contributed by atoms with Gasteiger partial charge in [0.1, 0.15) is 5.75 Å². The molecular formula is C21H30N2O3. The summed E-state index contributed by atoms with van der Waals surface area (Å²) in [6.45, 7) is 5.53. The molecule has 0 radical (unpaired) electrons. The molecule has 26 heavy (non-hydrogen) atoms. The highest BCUT2D eigenvalue weighted by Crippen LogP contribution is 2.36. The number of nitrogens with one attached hydrogen (secondary N) is 1. The molecule has 0 unspecified atom stereocenters. The van der Waals surface area contributed by atoms with Gasteiger partial charge < -0.3 is 14.8 Å². The summed E-state index contributed by atoms with van der Waals surface area (Å²) in [4.78, 5) is 14.8. The van der Waals surface area contributed by atoms with Crippen molar-refractivity contribution in [2.75, 3.05) is 40.0 Å². The molecule has 0 bridgehead atoms. The summed E-state index contributed by atoms with van der Waals surface area (Å²) in [5.74, 6) is 3.33. The Morgan fingerprint density at radius 3 is 2.77 bits per heavy atom. The predicted molar refractivity (Wildman–Crippen MR) is 99.9 cm³/mol. The molecular weight excluding hydrogens is 328 g/mol. The van der Waals surface area contributed by atoms with Crippen LogP contribution in [-0.2, 0) is 16.1 Å². The lowest BCUT2D eigenvalue weighted by atomic mass is 9.81. The number of carbonyl (C=O) groups excluding carboxylic acids is 1. The van der Waals surface area contributed by atoms with Crippen LogP contribution in [0.25, 0.3) is 0 Å². The van der Waals surface area contributed by atoms with Crippen LogP contribution in [0.5, 0.6) is 5.75 Å². The minimum absolute atomic E-state index is 0.208. The molecule has 1 aromatic rings. The summed E-state index contributed by atoms with van der Waals surface area (Å²) in [6, 6.07) is 8.32. The molecule has 5 heteroatoms. The average Bonchev–Trinajstić information content (AvgIpc) is 3.39. The molecule has 3 fully saturated rings. The number of hydrogen-bond acceptors (Lipinski definition) is 4. The number of benzene rings is 1. The lowest BCUT2D eigenvalue weighted by Crippen LogP contribution is -2.38. The average molecular weight is 358 g/mol. The van der Waals surface area contributed by atoms with Crippen molar-refractivity contribution in [1.82, 2.24) is 10.2 Å². The van der Waals surface area contributed by atoms with Crippen LogP contribution in [0, 0.1) is 23.7 Å². The Morgan fingerprint density at radius 2 is 2.04 bits per heavy atom. The molecule has 0 spiro atoms. The molecule has 3 atom stereocenters. The highest BCUT2D eigenvalue weighted by molar-refractivity contribution is 5.76. The van der Waals surface area contributed by atoms with Crippen LogP contribution in [0.15, 0.2) is 24.3 Å². The Morgan fingerprint density at radius 1 is 1.23 bits per heavy atom. The van der Waals surface area contributed by atoms with Gasteiger partial charge in [0, 0.05) is 32.6 Å². The van der Waals surface area contributed by atoms with Gasteiger partial charge in [-0.3, -0.25) is 9.69 Å². The molecule has 1 amide bonds. The fourth-order valence-electron chi connectivity index (χ4n) is 4.41. The zero-order valence-corrected chi connectivity index (χ0v) is 15.7. The van der Waals surface area contributed by atoms with Crippen LogP contribution >= 0.6 is 0 Å². The first-order valence-corrected chi connectivity index (χ1v) is 9.91. The van der Waals surface area contributed by atoms with Gasteiger partial charge in [-0.1, -0.05) is 12.1 Å². The van der Waals surface area contributed by atoms with Crippen molar-refractivity contribution in [1.29, 1.82) is 0 Å². The van der Waals surface area contributed by atoms with Crippen LogP contribution < -0.4 is 10.1 Å². The van der Waals surface area contributed by atoms with Gasteiger partial charge in [-0.15, -0.1) is 0 Å². The summed E-state index contributed by atoms with van der Waals surface area (Å²) < 4.78 is 11.1. The van der Waals surface area contributed by atoms with E-state index in [4.69, 9.17) is 9.47 Å². The lowest BCUT2D eigenvalue weighted by molar-refractivity contribution is -0.124. The van der Waals surface area contributed by atoms with E-state index in [1.807, 2.05) is 12.1 Å². The minimum Gasteiger partial charge on any atom is -0.497 e. The normalized spacial score (nSPS) is 28.6. The molecule has 5 nitrogen and oxygen atoms in total. The summed E-state index contributed by atoms with van der Waals surface area (Å²) in [6.07, 6.45) is 3.17. The molecule has 0 aromatic heterocycles. The number of nitrogens with zero attached hydrogens (tertiary/aromatic N) is 1. The molecule has 1 N–H and O–H groups in total. The monoisotopic (exact) mass is 358 g/mol. The van der Waals surface area contributed by atoms with Crippen LogP contribution in [0.4, 0.5) is 0 Å². The quantitative estimate of drug-likeness (QED) is 0.813. The topological polar surface area (TPSA) is 50.8 Å². The van der Waals surface area contributed by atoms with Gasteiger partial charge >= 0.3 is 0 Å². The van der Waals surface area contributed by atoms with Gasteiger partial charge in [0.2, 0.25) is 5.91 Å². The van der Waals surface area contributed by atoms with E-state index in [1.54, 1.807) is 7.11 Å². The van der Waals surface area contributed by atoms with Crippen molar-refractivity contribution < 1.29 is 14.3 Å². The first-order chi connectivity index (χ1) is 12.7. The van der Waals surface area contributed by atoms with E-state index >= 15 is 0 Å². The summed E-state index contributed by atoms with van der Waals surface area (Å²) >= 11 is 0. The highest BCUT2D eigenvalue weighted by atomic mass is 16.5. The van der Waals surface area contributed by atoms with Gasteiger partial charge in [0.15, 0.2) is 0 Å². The van der Waals surface area contributed by atoms with E-state index in [2.05, 4.69) is 22.3 Å². The third-order valence-electron chi connectivity index (χ3n) is 6.13. The second kappa shape index (κ2) is 7.97. The first kappa shape index (κ1) is 17.8. The molecule has 2 aliphatic heterocycles. The number of amides is 1. The molecule has 2 saturated heterocycles. The Balaban J connectivity index is 1.30. The molecule has 1 aliphatic carbocycles. The van der Waals surface area contributed by atoms with Gasteiger partial charge in [-0.25, -0.2) is 0 Å². The second-order valence-corrected chi connectivity index (χ2v) is 8.22. The van der Waals surface area contributed by atoms with Gasteiger partial charge in [0.25, 0.3) is 0 Å². The number of rotatable bonds is 7. The van der Waals surface area contributed by atoms with Crippen LogP contribution in [0.2, 0.25) is 0 Å². The maximum Gasteiger partial charge on any atom is 0.220 e. The summed E-state index contributed by atoms with van der Waals surface area (Å²) in [5.41, 5.74) is 1.31. The SMILES string of the molecule is COc1ccc(CN2C[C@@H]3COC[C@@H](CC(=O)NCC4CC4)[C@@H]3C2)cc1. The molecule has 4 rings (SSSR count). The van der Waals surface area contributed by atoms with E-state index in [1.165, 1.54) is 18.4 Å². The van der Waals surface area contributed by atoms with E-state index in [9.17, 15) is 4.79 Å². The van der Waals surface area contributed by atoms with Crippen LogP contribution in [-0.4, -0.2) is 50.8 Å². The highest BCUT2D eigenvalue weighted by Gasteiger charge is 2.41. The standard InChI is InChI=1S/C21H30N2O3/c1-25-19-6-4-16(5-7-19)10-23-11-18-14-26-13-17(20(18)12-23)8-21(24)22-9-15-2-3-15/h4-7,15,17-18,20H,2-3,8-14H2,1H3,(H,22,24)/t17-,18-,20+/m1/s1. The summed E-state index contributed by atoms with van der Waals surface area (Å²) in [5, 5.41) is 3.11. The zero-order chi connectivity index (χ0) is 17.9. The van der Waals surface area contributed by atoms with Crippen LogP contribution in [0.3, 0.4) is 0 Å². The van der Waals surface area contributed by atoms with Crippen molar-refractivity contribution >= 4 is 5.91 Å². The number of carbonyl (C=O) groups is 1. The fourth-order valence-corrected chi connectivity index (χ4v) is 4.41. The maximum atomic E-state index is 12.3. The lowest BCUT2D eigenvalue weighted by Gasteiger charge is -2.32. The fraction of sp³-hybridized carbons (Fsp3) is 0.667. The minimum atomic E-state index is 0.208. The third-order valence-corrected chi connectivity index (χ3v) is 6.13. The zero-order valence-electron chi connectivity index (χ0n) is 15.7. The first-order valence-electron chi connectivity index (χ1n) is 9.91. The number of fused-ring (bicyclic) bond motifs is 1. The Kier molecular flexibility index (Phi) is 5.46. The molecule has 1 saturated carbocycles. The number of ether oxygens (including phenoxy) is 2. The predicted octanol–water partition coefficient (Wildman–Crippen LogP) is 2.31. The van der Waals surface area contributed by atoms with Gasteiger partial charge in [0.05, 0.1) is 20.3 Å². The number of hydrogen-bond donors (Lipinski definition) is 1. The Labute approximate surface area is 156 Å². The van der Waals surface area contributed by atoms with E-state index < -0.39 is 0 Å². The molecule has 142 valence electrons. The van der Waals surface area contributed by atoms with Crippen LogP contribution in [0.1, 0.15) is 24.8 Å². The Hall–Kier alpha value is -1.59. The smallest absolute Gasteiger partial charge is 0.220 e. The summed E-state index contributed by atoms with van der Waals surface area (Å²) in [7, 11) is 1.70. The van der Waals surface area contributed by atoms with Crippen molar-refractivity contribution in [2.45, 2.75) is 25.8 Å². The third kappa shape index (κ3) is 4.38. The van der Waals surface area contributed by atoms with Gasteiger partial charge in [-0.05, 0) is 54.2 Å². The van der Waals surface area contributed by atoms with Gasteiger partial charge in [-0.2, -0.15) is 0 Å². The van der Waals surface area contributed by atoms with Crippen molar-refractivity contribution in [3.8, 4) is 5.75 Å². The van der Waals surface area contributed by atoms with E-state index in [0.717, 1.165) is 51.1 Å². The van der Waals surface area contributed by atoms with E-state index in [-0.39, 0.29) is 5.91 Å². The molecule has 1 aromatic carbocycles. The van der Waals surface area contributed by atoms with Crippen molar-refractivity contribution in [3.05, 3.63) is 29.8 Å². The molecule has 2 heterocycles. The van der Waals surface area contributed by atoms with E-state index in [0.29, 0.717) is 24.2 Å². The Bertz CT molecular complexity index is 614. The maximum absolute atomic E-state index is 12.3. The van der Waals surface area contributed by atoms with Crippen molar-refractivity contribution in [3.63, 3.8) is 0 Å².